The standard InChI is InChI=1S/C16H22ClN3O3/c1-18-3-5-20-6-4-19(10-13(20)16(18)22)9-11-7-15(23-2)14(21)8-12(11)17/h7-8,13,21H,3-6,9-10H2,1-2H3/t13-/m0/s1. The highest BCUT2D eigenvalue weighted by atomic mass is 35.5. The third kappa shape index (κ3) is 3.24. The van der Waals surface area contributed by atoms with Crippen molar-refractivity contribution >= 4 is 17.5 Å². The average molecular weight is 340 g/mol. The number of rotatable bonds is 3. The van der Waals surface area contributed by atoms with Crippen molar-refractivity contribution in [2.45, 2.75) is 12.6 Å². The van der Waals surface area contributed by atoms with E-state index in [4.69, 9.17) is 16.3 Å². The maximum Gasteiger partial charge on any atom is 0.241 e. The first-order valence-electron chi connectivity index (χ1n) is 7.76. The zero-order chi connectivity index (χ0) is 16.6. The smallest absolute Gasteiger partial charge is 0.241 e. The molecule has 1 amide bonds. The molecular weight excluding hydrogens is 318 g/mol. The Bertz CT molecular complexity index is 610. The van der Waals surface area contributed by atoms with E-state index in [-0.39, 0.29) is 17.7 Å². The Morgan fingerprint density at radius 2 is 2.04 bits per heavy atom. The lowest BCUT2D eigenvalue weighted by atomic mass is 10.1. The molecule has 2 fully saturated rings. The molecule has 0 unspecified atom stereocenters. The van der Waals surface area contributed by atoms with Gasteiger partial charge < -0.3 is 14.7 Å². The van der Waals surface area contributed by atoms with Crippen molar-refractivity contribution in [3.8, 4) is 11.5 Å². The second-order valence-corrected chi connectivity index (χ2v) is 6.57. The van der Waals surface area contributed by atoms with Gasteiger partial charge in [0.05, 0.1) is 7.11 Å². The van der Waals surface area contributed by atoms with E-state index in [9.17, 15) is 9.90 Å². The van der Waals surface area contributed by atoms with Gasteiger partial charge in [0.15, 0.2) is 11.5 Å². The summed E-state index contributed by atoms with van der Waals surface area (Å²) in [5, 5.41) is 10.3. The molecule has 2 saturated heterocycles. The molecule has 6 nitrogen and oxygen atoms in total. The highest BCUT2D eigenvalue weighted by Crippen LogP contribution is 2.33. The number of nitrogens with zero attached hydrogens (tertiary/aromatic N) is 3. The fraction of sp³-hybridized carbons (Fsp3) is 0.562. The van der Waals surface area contributed by atoms with Crippen LogP contribution in [0.4, 0.5) is 0 Å². The SMILES string of the molecule is COc1cc(CN2CCN3CCN(C)C(=O)[C@@H]3C2)c(Cl)cc1O. The van der Waals surface area contributed by atoms with Crippen molar-refractivity contribution in [1.29, 1.82) is 0 Å². The van der Waals surface area contributed by atoms with E-state index in [1.807, 2.05) is 7.05 Å². The molecule has 0 aromatic heterocycles. The van der Waals surface area contributed by atoms with Crippen LogP contribution >= 0.6 is 11.6 Å². The Morgan fingerprint density at radius 3 is 2.78 bits per heavy atom. The molecule has 1 aromatic rings. The number of carbonyl (C=O) groups is 1. The predicted octanol–water partition coefficient (Wildman–Crippen LogP) is 1.01. The summed E-state index contributed by atoms with van der Waals surface area (Å²) >= 11 is 6.24. The monoisotopic (exact) mass is 339 g/mol. The molecule has 2 heterocycles. The van der Waals surface area contributed by atoms with E-state index >= 15 is 0 Å². The lowest BCUT2D eigenvalue weighted by Gasteiger charge is -2.45. The summed E-state index contributed by atoms with van der Waals surface area (Å²) < 4.78 is 5.15. The summed E-state index contributed by atoms with van der Waals surface area (Å²) in [7, 11) is 3.38. The molecule has 1 N–H and O–H groups in total. The second kappa shape index (κ2) is 6.55. The van der Waals surface area contributed by atoms with Gasteiger partial charge in [0.1, 0.15) is 6.04 Å². The summed E-state index contributed by atoms with van der Waals surface area (Å²) in [6.45, 7) is 4.86. The number of aromatic hydroxyl groups is 1. The fourth-order valence-corrected chi connectivity index (χ4v) is 3.49. The van der Waals surface area contributed by atoms with Gasteiger partial charge in [-0.3, -0.25) is 14.6 Å². The summed E-state index contributed by atoms with van der Waals surface area (Å²) in [6, 6.07) is 3.20. The molecule has 126 valence electrons. The highest BCUT2D eigenvalue weighted by Gasteiger charge is 2.37. The molecule has 23 heavy (non-hydrogen) atoms. The number of phenols is 1. The Balaban J connectivity index is 1.73. The fourth-order valence-electron chi connectivity index (χ4n) is 3.28. The van der Waals surface area contributed by atoms with Crippen molar-refractivity contribution in [3.63, 3.8) is 0 Å². The predicted molar refractivity (Wildman–Crippen MR) is 87.9 cm³/mol. The number of carbonyl (C=O) groups excluding carboxylic acids is 1. The summed E-state index contributed by atoms with van der Waals surface area (Å²) in [6.07, 6.45) is 0. The van der Waals surface area contributed by atoms with E-state index in [0.29, 0.717) is 23.9 Å². The van der Waals surface area contributed by atoms with Gasteiger partial charge in [-0.25, -0.2) is 0 Å². The molecule has 1 aromatic carbocycles. The molecule has 0 aliphatic carbocycles. The van der Waals surface area contributed by atoms with Crippen LogP contribution in [-0.2, 0) is 11.3 Å². The number of hydrogen-bond acceptors (Lipinski definition) is 5. The Labute approximate surface area is 141 Å². The maximum absolute atomic E-state index is 12.3. The normalized spacial score (nSPS) is 23.0. The van der Waals surface area contributed by atoms with Crippen LogP contribution < -0.4 is 4.74 Å². The molecule has 2 aliphatic heterocycles. The van der Waals surface area contributed by atoms with Gasteiger partial charge in [0.25, 0.3) is 0 Å². The molecule has 2 aliphatic rings. The first kappa shape index (κ1) is 16.4. The quantitative estimate of drug-likeness (QED) is 0.891. The molecule has 0 radical (unpaired) electrons. The summed E-state index contributed by atoms with van der Waals surface area (Å²) in [4.78, 5) is 18.6. The third-order valence-electron chi connectivity index (χ3n) is 4.70. The first-order valence-corrected chi connectivity index (χ1v) is 8.14. The van der Waals surface area contributed by atoms with Crippen LogP contribution in [0, 0.1) is 0 Å². The number of methoxy groups -OCH3 is 1. The minimum Gasteiger partial charge on any atom is -0.504 e. The Morgan fingerprint density at radius 1 is 1.30 bits per heavy atom. The number of hydrogen-bond donors (Lipinski definition) is 1. The number of piperazine rings is 2. The van der Waals surface area contributed by atoms with Crippen LogP contribution in [0.5, 0.6) is 11.5 Å². The minimum absolute atomic E-state index is 0.0372. The zero-order valence-electron chi connectivity index (χ0n) is 13.5. The second-order valence-electron chi connectivity index (χ2n) is 6.16. The minimum atomic E-state index is -0.0692. The van der Waals surface area contributed by atoms with E-state index in [1.165, 1.54) is 13.2 Å². The average Bonchev–Trinajstić information content (AvgIpc) is 2.54. The summed E-state index contributed by atoms with van der Waals surface area (Å²) in [5.41, 5.74) is 0.895. The molecule has 0 bridgehead atoms. The lowest BCUT2D eigenvalue weighted by Crippen LogP contribution is -2.63. The Hall–Kier alpha value is -1.50. The molecule has 3 rings (SSSR count). The number of benzene rings is 1. The van der Waals surface area contributed by atoms with Crippen molar-refractivity contribution in [2.75, 3.05) is 46.9 Å². The van der Waals surface area contributed by atoms with Gasteiger partial charge in [-0.05, 0) is 11.6 Å². The number of amides is 1. The van der Waals surface area contributed by atoms with Crippen LogP contribution in [-0.4, -0.2) is 78.6 Å². The number of halogens is 1. The van der Waals surface area contributed by atoms with Gasteiger partial charge in [-0.2, -0.15) is 0 Å². The molecule has 0 spiro atoms. The molecule has 7 heteroatoms. The number of phenolic OH excluding ortho intramolecular Hbond substituents is 1. The van der Waals surface area contributed by atoms with Crippen LogP contribution in [0.25, 0.3) is 0 Å². The lowest BCUT2D eigenvalue weighted by molar-refractivity contribution is -0.143. The van der Waals surface area contributed by atoms with Gasteiger partial charge >= 0.3 is 0 Å². The van der Waals surface area contributed by atoms with Crippen LogP contribution in [0.1, 0.15) is 5.56 Å². The number of fused-ring (bicyclic) bond motifs is 1. The molecule has 0 saturated carbocycles. The van der Waals surface area contributed by atoms with Crippen molar-refractivity contribution in [3.05, 3.63) is 22.7 Å². The van der Waals surface area contributed by atoms with Crippen LogP contribution in [0.2, 0.25) is 5.02 Å². The third-order valence-corrected chi connectivity index (χ3v) is 5.05. The van der Waals surface area contributed by atoms with Gasteiger partial charge in [-0.15, -0.1) is 0 Å². The van der Waals surface area contributed by atoms with Gasteiger partial charge in [0, 0.05) is 57.4 Å². The topological polar surface area (TPSA) is 56.2 Å². The molecule has 1 atom stereocenters. The highest BCUT2D eigenvalue weighted by molar-refractivity contribution is 6.31. The first-order chi connectivity index (χ1) is 11.0. The van der Waals surface area contributed by atoms with Gasteiger partial charge in [0.2, 0.25) is 5.91 Å². The Kier molecular flexibility index (Phi) is 4.66. The number of likely N-dealkylation sites (N-methyl/N-ethyl adjacent to an activating group) is 1. The van der Waals surface area contributed by atoms with E-state index < -0.39 is 0 Å². The van der Waals surface area contributed by atoms with Crippen molar-refractivity contribution in [2.24, 2.45) is 0 Å². The zero-order valence-corrected chi connectivity index (χ0v) is 14.2. The van der Waals surface area contributed by atoms with Gasteiger partial charge in [-0.1, -0.05) is 11.6 Å². The van der Waals surface area contributed by atoms with Crippen molar-refractivity contribution in [1.82, 2.24) is 14.7 Å². The number of ether oxygens (including phenoxy) is 1. The van der Waals surface area contributed by atoms with E-state index in [0.717, 1.165) is 31.7 Å². The van der Waals surface area contributed by atoms with E-state index in [1.54, 1.807) is 11.0 Å². The largest absolute Gasteiger partial charge is 0.504 e. The molecular formula is C16H22ClN3O3. The maximum atomic E-state index is 12.3. The van der Waals surface area contributed by atoms with Crippen LogP contribution in [0.3, 0.4) is 0 Å². The van der Waals surface area contributed by atoms with Crippen LogP contribution in [0.15, 0.2) is 12.1 Å². The van der Waals surface area contributed by atoms with Crippen molar-refractivity contribution < 1.29 is 14.6 Å². The van der Waals surface area contributed by atoms with E-state index in [2.05, 4.69) is 9.80 Å². The summed E-state index contributed by atoms with van der Waals surface area (Å²) in [5.74, 6) is 0.641.